The minimum absolute atomic E-state index is 0.0571. The smallest absolute Gasteiger partial charge is 0.230 e. The Labute approximate surface area is 58.8 Å². The molecule has 0 unspecified atom stereocenters. The van der Waals surface area contributed by atoms with Gasteiger partial charge in [-0.1, -0.05) is 0 Å². The average Bonchev–Trinajstić information content (AvgIpc) is 1.85. The SMILES string of the molecule is CSCC(=O)NCC[O]. The summed E-state index contributed by atoms with van der Waals surface area (Å²) in [5.74, 6) is 0.387. The first-order valence-corrected chi connectivity index (χ1v) is 4.04. The molecule has 3 nitrogen and oxygen atoms in total. The van der Waals surface area contributed by atoms with Crippen LogP contribution in [0.4, 0.5) is 0 Å². The van der Waals surface area contributed by atoms with Gasteiger partial charge in [0.05, 0.1) is 12.4 Å². The Hall–Kier alpha value is -0.220. The second-order valence-electron chi connectivity index (χ2n) is 1.49. The van der Waals surface area contributed by atoms with E-state index < -0.39 is 0 Å². The van der Waals surface area contributed by atoms with Crippen molar-refractivity contribution < 1.29 is 9.90 Å². The summed E-state index contributed by atoms with van der Waals surface area (Å²) in [6, 6.07) is 0. The Morgan fingerprint density at radius 3 is 2.78 bits per heavy atom. The highest BCUT2D eigenvalue weighted by Gasteiger charge is 1.95. The third-order valence-corrected chi connectivity index (χ3v) is 1.25. The molecule has 4 heteroatoms. The maximum absolute atomic E-state index is 10.5. The summed E-state index contributed by atoms with van der Waals surface area (Å²) in [7, 11) is 0. The van der Waals surface area contributed by atoms with Crippen molar-refractivity contribution in [3.8, 4) is 0 Å². The van der Waals surface area contributed by atoms with Crippen LogP contribution in [-0.4, -0.2) is 31.1 Å². The van der Waals surface area contributed by atoms with Crippen LogP contribution in [0.2, 0.25) is 0 Å². The average molecular weight is 148 g/mol. The van der Waals surface area contributed by atoms with Crippen LogP contribution < -0.4 is 5.32 Å². The van der Waals surface area contributed by atoms with E-state index in [1.54, 1.807) is 0 Å². The number of carbonyl (C=O) groups is 1. The molecule has 0 aromatic rings. The van der Waals surface area contributed by atoms with Crippen LogP contribution in [-0.2, 0) is 9.90 Å². The molecular weight excluding hydrogens is 138 g/mol. The van der Waals surface area contributed by atoms with E-state index in [1.165, 1.54) is 11.8 Å². The van der Waals surface area contributed by atoms with Gasteiger partial charge in [-0.2, -0.15) is 11.8 Å². The molecule has 0 aliphatic heterocycles. The molecule has 0 spiro atoms. The van der Waals surface area contributed by atoms with Gasteiger partial charge in [0.15, 0.2) is 0 Å². The van der Waals surface area contributed by atoms with Crippen molar-refractivity contribution in [3.63, 3.8) is 0 Å². The molecule has 1 amide bonds. The van der Waals surface area contributed by atoms with E-state index >= 15 is 0 Å². The van der Waals surface area contributed by atoms with E-state index in [0.29, 0.717) is 5.75 Å². The van der Waals surface area contributed by atoms with Gasteiger partial charge in [-0.15, -0.1) is 0 Å². The van der Waals surface area contributed by atoms with Crippen LogP contribution in [0.15, 0.2) is 0 Å². The monoisotopic (exact) mass is 148 g/mol. The molecule has 0 rings (SSSR count). The lowest BCUT2D eigenvalue weighted by molar-refractivity contribution is -0.118. The number of carbonyl (C=O) groups excluding carboxylic acids is 1. The van der Waals surface area contributed by atoms with Crippen LogP contribution in [0, 0.1) is 0 Å². The molecule has 0 saturated heterocycles. The van der Waals surface area contributed by atoms with Gasteiger partial charge in [-0.05, 0) is 6.26 Å². The second kappa shape index (κ2) is 5.91. The molecule has 0 heterocycles. The van der Waals surface area contributed by atoms with Crippen LogP contribution in [0.1, 0.15) is 0 Å². The number of amides is 1. The lowest BCUT2D eigenvalue weighted by Crippen LogP contribution is -2.27. The van der Waals surface area contributed by atoms with E-state index in [1.807, 2.05) is 6.26 Å². The van der Waals surface area contributed by atoms with Gasteiger partial charge in [-0.25, -0.2) is 5.11 Å². The minimum Gasteiger partial charge on any atom is -0.353 e. The molecule has 53 valence electrons. The van der Waals surface area contributed by atoms with E-state index in [9.17, 15) is 9.90 Å². The topological polar surface area (TPSA) is 49.0 Å². The zero-order valence-electron chi connectivity index (χ0n) is 5.35. The van der Waals surface area contributed by atoms with E-state index in [2.05, 4.69) is 5.32 Å². The normalized spacial score (nSPS) is 9.11. The molecule has 0 saturated carbocycles. The Bertz CT molecular complexity index is 87.0. The summed E-state index contributed by atoms with van der Waals surface area (Å²) in [5.41, 5.74) is 0. The van der Waals surface area contributed by atoms with Crippen LogP contribution in [0.3, 0.4) is 0 Å². The molecule has 0 aromatic heterocycles. The quantitative estimate of drug-likeness (QED) is 0.605. The maximum atomic E-state index is 10.5. The zero-order chi connectivity index (χ0) is 7.11. The Morgan fingerprint density at radius 2 is 2.33 bits per heavy atom. The minimum atomic E-state index is -0.236. The van der Waals surface area contributed by atoms with Gasteiger partial charge >= 0.3 is 0 Å². The first-order chi connectivity index (χ1) is 4.31. The predicted octanol–water partition coefficient (Wildman–Crippen LogP) is -0.104. The fourth-order valence-corrected chi connectivity index (χ4v) is 0.737. The first kappa shape index (κ1) is 8.78. The molecule has 0 aliphatic carbocycles. The van der Waals surface area contributed by atoms with Crippen molar-refractivity contribution in [1.29, 1.82) is 0 Å². The lowest BCUT2D eigenvalue weighted by Gasteiger charge is -1.97. The fourth-order valence-electron chi connectivity index (χ4n) is 0.373. The van der Waals surface area contributed by atoms with Crippen LogP contribution in [0.5, 0.6) is 0 Å². The highest BCUT2D eigenvalue weighted by atomic mass is 32.2. The summed E-state index contributed by atoms with van der Waals surface area (Å²) < 4.78 is 0. The summed E-state index contributed by atoms with van der Waals surface area (Å²) in [6.45, 7) is 0.0134. The van der Waals surface area contributed by atoms with Gasteiger partial charge in [0, 0.05) is 6.54 Å². The third kappa shape index (κ3) is 5.65. The number of nitrogens with one attached hydrogen (secondary N) is 1. The Morgan fingerprint density at radius 1 is 1.67 bits per heavy atom. The molecule has 0 aliphatic rings. The summed E-state index contributed by atoms with van der Waals surface area (Å²) in [5, 5.41) is 12.3. The zero-order valence-corrected chi connectivity index (χ0v) is 6.16. The van der Waals surface area contributed by atoms with Crippen molar-refractivity contribution in [2.75, 3.05) is 25.2 Å². The third-order valence-electron chi connectivity index (χ3n) is 0.700. The largest absolute Gasteiger partial charge is 0.353 e. The van der Waals surface area contributed by atoms with Crippen molar-refractivity contribution in [1.82, 2.24) is 5.32 Å². The second-order valence-corrected chi connectivity index (χ2v) is 2.35. The molecule has 0 atom stereocenters. The Balaban J connectivity index is 3.06. The molecule has 0 aromatic carbocycles. The van der Waals surface area contributed by atoms with E-state index in [-0.39, 0.29) is 19.1 Å². The van der Waals surface area contributed by atoms with Crippen molar-refractivity contribution in [3.05, 3.63) is 0 Å². The molecule has 0 bridgehead atoms. The highest BCUT2D eigenvalue weighted by molar-refractivity contribution is 7.99. The number of hydrogen-bond donors (Lipinski definition) is 1. The van der Waals surface area contributed by atoms with Gasteiger partial charge in [-0.3, -0.25) is 4.79 Å². The predicted molar refractivity (Wildman–Crippen MR) is 36.9 cm³/mol. The summed E-state index contributed by atoms with van der Waals surface area (Å²) in [4.78, 5) is 10.5. The first-order valence-electron chi connectivity index (χ1n) is 2.65. The van der Waals surface area contributed by atoms with Gasteiger partial charge < -0.3 is 5.32 Å². The van der Waals surface area contributed by atoms with Crippen molar-refractivity contribution >= 4 is 17.7 Å². The Kier molecular flexibility index (Phi) is 5.76. The van der Waals surface area contributed by atoms with Crippen LogP contribution in [0.25, 0.3) is 0 Å². The molecular formula is C5H10NO2S. The highest BCUT2D eigenvalue weighted by Crippen LogP contribution is 1.88. The molecule has 9 heavy (non-hydrogen) atoms. The summed E-state index contributed by atoms with van der Waals surface area (Å²) >= 11 is 1.45. The van der Waals surface area contributed by atoms with Crippen molar-refractivity contribution in [2.45, 2.75) is 0 Å². The van der Waals surface area contributed by atoms with Gasteiger partial charge in [0.1, 0.15) is 0 Å². The molecule has 1 radical (unpaired) electrons. The molecule has 1 N–H and O–H groups in total. The van der Waals surface area contributed by atoms with E-state index in [0.717, 1.165) is 0 Å². The van der Waals surface area contributed by atoms with Crippen molar-refractivity contribution in [2.24, 2.45) is 0 Å². The fraction of sp³-hybridized carbons (Fsp3) is 0.800. The van der Waals surface area contributed by atoms with Gasteiger partial charge in [0.2, 0.25) is 5.91 Å². The number of rotatable bonds is 4. The number of thioether (sulfide) groups is 1. The van der Waals surface area contributed by atoms with Gasteiger partial charge in [0.25, 0.3) is 0 Å². The van der Waals surface area contributed by atoms with E-state index in [4.69, 9.17) is 0 Å². The number of hydrogen-bond acceptors (Lipinski definition) is 2. The molecule has 0 fully saturated rings. The maximum Gasteiger partial charge on any atom is 0.230 e. The lowest BCUT2D eigenvalue weighted by atomic mass is 10.6. The summed E-state index contributed by atoms with van der Waals surface area (Å²) in [6.07, 6.45) is 1.84. The standard InChI is InChI=1S/C5H10NO2S/c1-9-4-5(8)6-2-3-7/h2-4H2,1H3,(H,6,8). The van der Waals surface area contributed by atoms with Crippen LogP contribution >= 0.6 is 11.8 Å².